The number of fused-ring (bicyclic) bond motifs is 4. The van der Waals surface area contributed by atoms with Crippen LogP contribution in [0.3, 0.4) is 0 Å². The third kappa shape index (κ3) is 2.22. The maximum absolute atomic E-state index is 13.6. The van der Waals surface area contributed by atoms with Crippen LogP contribution in [0, 0.1) is 17.3 Å². The lowest BCUT2D eigenvalue weighted by Gasteiger charge is -2.53. The second-order valence-corrected chi connectivity index (χ2v) is 8.12. The molecule has 4 bridgehead atoms. The lowest BCUT2D eigenvalue weighted by Crippen LogP contribution is -2.71. The fraction of sp³-hybridized carbons (Fsp3) is 0.833. The molecule has 5 fully saturated rings. The Hall–Kier alpha value is -1.55. The van der Waals surface area contributed by atoms with Crippen LogP contribution >= 0.6 is 0 Å². The molecule has 5 aliphatic heterocycles. The lowest BCUT2D eigenvalue weighted by atomic mass is 9.57. The van der Waals surface area contributed by atoms with Crippen LogP contribution in [0.1, 0.15) is 25.7 Å². The van der Waals surface area contributed by atoms with Crippen molar-refractivity contribution in [2.75, 3.05) is 27.3 Å². The van der Waals surface area contributed by atoms with Gasteiger partial charge in [0.25, 0.3) is 0 Å². The molecule has 5 heterocycles. The molecule has 0 spiro atoms. The number of barbiturate groups is 1. The van der Waals surface area contributed by atoms with Gasteiger partial charge in [0.05, 0.1) is 25.4 Å². The number of hydrogen-bond acceptors (Lipinski definition) is 7. The molecule has 5 saturated heterocycles. The van der Waals surface area contributed by atoms with Crippen molar-refractivity contribution in [3.05, 3.63) is 0 Å². The van der Waals surface area contributed by atoms with Gasteiger partial charge in [0.2, 0.25) is 11.8 Å². The van der Waals surface area contributed by atoms with Crippen molar-refractivity contribution in [1.29, 1.82) is 0 Å². The first-order valence-corrected chi connectivity index (χ1v) is 9.59. The molecular weight excluding hydrogens is 356 g/mol. The topological polar surface area (TPSA) is 94.6 Å². The van der Waals surface area contributed by atoms with Crippen LogP contribution in [0.25, 0.3) is 0 Å². The van der Waals surface area contributed by atoms with E-state index in [-0.39, 0.29) is 36.6 Å². The van der Waals surface area contributed by atoms with E-state index >= 15 is 0 Å². The SMILES string of the molecule is CN1C(=O)N(C)C(=O)C(C2CCC3OCC2O3)(C2CCC3OCC2O3)C1=O. The molecule has 6 atom stereocenters. The minimum absolute atomic E-state index is 0.268. The fourth-order valence-corrected chi connectivity index (χ4v) is 5.68. The van der Waals surface area contributed by atoms with E-state index in [0.717, 1.165) is 9.80 Å². The largest absolute Gasteiger partial charge is 0.350 e. The molecule has 9 heteroatoms. The van der Waals surface area contributed by atoms with Crippen molar-refractivity contribution in [2.24, 2.45) is 17.3 Å². The molecule has 0 aromatic heterocycles. The summed E-state index contributed by atoms with van der Waals surface area (Å²) in [5.74, 6) is -1.62. The zero-order valence-electron chi connectivity index (χ0n) is 15.5. The quantitative estimate of drug-likeness (QED) is 0.637. The molecule has 27 heavy (non-hydrogen) atoms. The van der Waals surface area contributed by atoms with E-state index in [4.69, 9.17) is 18.9 Å². The molecule has 0 aromatic rings. The molecule has 6 unspecified atom stereocenters. The normalized spacial score (nSPS) is 43.6. The van der Waals surface area contributed by atoms with Crippen LogP contribution < -0.4 is 0 Å². The average Bonchev–Trinajstić information content (AvgIpc) is 3.24. The Kier molecular flexibility index (Phi) is 3.88. The second-order valence-electron chi connectivity index (χ2n) is 8.12. The number of carbonyl (C=O) groups is 3. The molecule has 0 aliphatic carbocycles. The van der Waals surface area contributed by atoms with Crippen molar-refractivity contribution in [3.63, 3.8) is 0 Å². The number of carbonyl (C=O) groups excluding carboxylic acids is 3. The zero-order valence-corrected chi connectivity index (χ0v) is 15.5. The van der Waals surface area contributed by atoms with Crippen LogP contribution in [0.4, 0.5) is 4.79 Å². The lowest BCUT2D eigenvalue weighted by molar-refractivity contribution is -0.195. The fourth-order valence-electron chi connectivity index (χ4n) is 5.68. The summed E-state index contributed by atoms with van der Waals surface area (Å²) in [6, 6.07) is -0.602. The summed E-state index contributed by atoms with van der Waals surface area (Å²) in [6.07, 6.45) is 1.31. The minimum Gasteiger partial charge on any atom is -0.350 e. The maximum Gasteiger partial charge on any atom is 0.332 e. The van der Waals surface area contributed by atoms with E-state index in [2.05, 4.69) is 0 Å². The van der Waals surface area contributed by atoms with Gasteiger partial charge in [-0.1, -0.05) is 0 Å². The standard InChI is InChI=1S/C18H24N2O7/c1-19-15(21)18(16(22)20(2)17(19)23,9-3-5-13-24-7-11(9)26-13)10-4-6-14-25-8-12(10)27-14/h9-14H,3-8H2,1-2H3. The molecule has 5 rings (SSSR count). The zero-order chi connectivity index (χ0) is 18.9. The van der Waals surface area contributed by atoms with Gasteiger partial charge in [-0.25, -0.2) is 4.79 Å². The number of hydrogen-bond donors (Lipinski definition) is 0. The third-order valence-electron chi connectivity index (χ3n) is 6.93. The van der Waals surface area contributed by atoms with Gasteiger partial charge < -0.3 is 18.9 Å². The Morgan fingerprint density at radius 3 is 1.67 bits per heavy atom. The predicted molar refractivity (Wildman–Crippen MR) is 88.0 cm³/mol. The Bertz CT molecular complexity index is 641. The van der Waals surface area contributed by atoms with Crippen LogP contribution in [0.2, 0.25) is 0 Å². The highest BCUT2D eigenvalue weighted by Gasteiger charge is 2.68. The van der Waals surface area contributed by atoms with Gasteiger partial charge in [0.15, 0.2) is 12.6 Å². The molecular formula is C18H24N2O7. The van der Waals surface area contributed by atoms with Crippen LogP contribution in [0.15, 0.2) is 0 Å². The molecule has 5 aliphatic rings. The van der Waals surface area contributed by atoms with Crippen LogP contribution in [-0.4, -0.2) is 79.7 Å². The number of nitrogens with zero attached hydrogens (tertiary/aromatic N) is 2. The van der Waals surface area contributed by atoms with Gasteiger partial charge in [0.1, 0.15) is 5.41 Å². The van der Waals surface area contributed by atoms with Crippen LogP contribution in [0.5, 0.6) is 0 Å². The average molecular weight is 380 g/mol. The Balaban J connectivity index is 1.64. The van der Waals surface area contributed by atoms with Crippen molar-refractivity contribution in [2.45, 2.75) is 50.5 Å². The smallest absolute Gasteiger partial charge is 0.332 e. The molecule has 0 radical (unpaired) electrons. The summed E-state index contributed by atoms with van der Waals surface area (Å²) < 4.78 is 23.1. The van der Waals surface area contributed by atoms with Crippen molar-refractivity contribution in [3.8, 4) is 0 Å². The molecule has 9 nitrogen and oxygen atoms in total. The number of rotatable bonds is 2. The van der Waals surface area contributed by atoms with E-state index in [1.165, 1.54) is 14.1 Å². The van der Waals surface area contributed by atoms with E-state index in [9.17, 15) is 14.4 Å². The minimum atomic E-state index is -1.40. The highest BCUT2D eigenvalue weighted by molar-refractivity contribution is 6.19. The first kappa shape index (κ1) is 17.5. The van der Waals surface area contributed by atoms with Crippen LogP contribution in [-0.2, 0) is 28.5 Å². The Morgan fingerprint density at radius 1 is 0.778 bits per heavy atom. The highest BCUT2D eigenvalue weighted by Crippen LogP contribution is 2.54. The molecule has 0 saturated carbocycles. The van der Waals surface area contributed by atoms with Gasteiger partial charge in [-0.05, 0) is 25.7 Å². The van der Waals surface area contributed by atoms with Crippen molar-refractivity contribution < 1.29 is 33.3 Å². The predicted octanol–water partition coefficient (Wildman–Crippen LogP) is 0.326. The monoisotopic (exact) mass is 380 g/mol. The summed E-state index contributed by atoms with van der Waals surface area (Å²) in [5, 5.41) is 0. The van der Waals surface area contributed by atoms with Crippen molar-refractivity contribution >= 4 is 17.8 Å². The first-order valence-electron chi connectivity index (χ1n) is 9.59. The number of ether oxygens (including phenoxy) is 4. The molecule has 4 amide bonds. The Morgan fingerprint density at radius 2 is 1.22 bits per heavy atom. The van der Waals surface area contributed by atoms with Gasteiger partial charge >= 0.3 is 6.03 Å². The van der Waals surface area contributed by atoms with E-state index in [0.29, 0.717) is 38.9 Å². The van der Waals surface area contributed by atoms with Gasteiger partial charge in [-0.2, -0.15) is 0 Å². The molecule has 0 aromatic carbocycles. The van der Waals surface area contributed by atoms with Crippen molar-refractivity contribution in [1.82, 2.24) is 9.80 Å². The first-order chi connectivity index (χ1) is 12.9. The van der Waals surface area contributed by atoms with Gasteiger partial charge in [-0.15, -0.1) is 0 Å². The summed E-state index contributed by atoms with van der Waals surface area (Å²) >= 11 is 0. The highest BCUT2D eigenvalue weighted by atomic mass is 16.7. The summed E-state index contributed by atoms with van der Waals surface area (Å²) in [7, 11) is 2.88. The van der Waals surface area contributed by atoms with E-state index in [1.54, 1.807) is 0 Å². The summed E-state index contributed by atoms with van der Waals surface area (Å²) in [4.78, 5) is 41.8. The summed E-state index contributed by atoms with van der Waals surface area (Å²) in [5.41, 5.74) is -1.40. The van der Waals surface area contributed by atoms with E-state index in [1.807, 2.05) is 0 Å². The maximum atomic E-state index is 13.6. The van der Waals surface area contributed by atoms with E-state index < -0.39 is 23.3 Å². The van der Waals surface area contributed by atoms with Gasteiger partial charge in [0, 0.05) is 25.9 Å². The Labute approximate surface area is 156 Å². The number of amides is 4. The molecule has 0 N–H and O–H groups in total. The number of urea groups is 1. The number of imide groups is 2. The third-order valence-corrected chi connectivity index (χ3v) is 6.93. The summed E-state index contributed by atoms with van der Waals surface area (Å²) in [6.45, 7) is 0.715. The molecule has 148 valence electrons. The second kappa shape index (κ2) is 5.97. The van der Waals surface area contributed by atoms with Gasteiger partial charge in [-0.3, -0.25) is 19.4 Å².